The van der Waals surface area contributed by atoms with Gasteiger partial charge in [-0.3, -0.25) is 0 Å². The molecule has 2 rings (SSSR count). The summed E-state index contributed by atoms with van der Waals surface area (Å²) in [5.74, 6) is 0. The molecule has 0 spiro atoms. The van der Waals surface area contributed by atoms with Crippen LogP contribution >= 0.6 is 0 Å². The predicted octanol–water partition coefficient (Wildman–Crippen LogP) is 3.12. The monoisotopic (exact) mass is 248 g/mol. The summed E-state index contributed by atoms with van der Waals surface area (Å²) in [5, 5.41) is 3.15. The number of nitrogens with zero attached hydrogens (tertiary/aromatic N) is 1. The Morgan fingerprint density at radius 3 is 2.44 bits per heavy atom. The molecule has 0 saturated carbocycles. The summed E-state index contributed by atoms with van der Waals surface area (Å²) in [5.41, 5.74) is 2.49. The van der Waals surface area contributed by atoms with E-state index in [0.29, 0.717) is 0 Å². The molecule has 1 N–H and O–H groups in total. The quantitative estimate of drug-likeness (QED) is 0.886. The first-order valence-electron chi connectivity index (χ1n) is 6.90. The highest BCUT2D eigenvalue weighted by atomic mass is 16.5. The lowest BCUT2D eigenvalue weighted by molar-refractivity contribution is -0.0604. The van der Waals surface area contributed by atoms with Crippen LogP contribution in [0, 0.1) is 0 Å². The number of anilines is 2. The minimum absolute atomic E-state index is 0.0416. The van der Waals surface area contributed by atoms with Crippen molar-refractivity contribution in [3.05, 3.63) is 24.3 Å². The van der Waals surface area contributed by atoms with Gasteiger partial charge < -0.3 is 15.0 Å². The van der Waals surface area contributed by atoms with Crippen molar-refractivity contribution in [1.29, 1.82) is 0 Å². The number of benzene rings is 1. The SMILES string of the molecule is CCC1(CC)CN(c2ccc(NC)cc2)CCO1. The van der Waals surface area contributed by atoms with Crippen molar-refractivity contribution >= 4 is 11.4 Å². The Labute approximate surface area is 110 Å². The average Bonchev–Trinajstić information content (AvgIpc) is 2.47. The van der Waals surface area contributed by atoms with Crippen LogP contribution in [0.2, 0.25) is 0 Å². The summed E-state index contributed by atoms with van der Waals surface area (Å²) in [6, 6.07) is 8.63. The van der Waals surface area contributed by atoms with E-state index in [1.165, 1.54) is 5.69 Å². The molecule has 0 radical (unpaired) electrons. The maximum absolute atomic E-state index is 6.01. The minimum atomic E-state index is 0.0416. The highest BCUT2D eigenvalue weighted by Crippen LogP contribution is 2.29. The Kier molecular flexibility index (Phi) is 4.12. The Morgan fingerprint density at radius 1 is 1.22 bits per heavy atom. The van der Waals surface area contributed by atoms with Crippen molar-refractivity contribution in [3.63, 3.8) is 0 Å². The summed E-state index contributed by atoms with van der Waals surface area (Å²) in [4.78, 5) is 2.44. The maximum Gasteiger partial charge on any atom is 0.0852 e. The molecule has 1 aromatic rings. The normalized spacial score (nSPS) is 18.7. The van der Waals surface area contributed by atoms with Gasteiger partial charge in [-0.25, -0.2) is 0 Å². The Morgan fingerprint density at radius 2 is 1.89 bits per heavy atom. The van der Waals surface area contributed by atoms with E-state index in [1.54, 1.807) is 0 Å². The zero-order valence-corrected chi connectivity index (χ0v) is 11.7. The average molecular weight is 248 g/mol. The molecule has 18 heavy (non-hydrogen) atoms. The number of morpholine rings is 1. The van der Waals surface area contributed by atoms with Crippen molar-refractivity contribution in [2.24, 2.45) is 0 Å². The molecule has 0 amide bonds. The van der Waals surface area contributed by atoms with Crippen LogP contribution in [0.25, 0.3) is 0 Å². The van der Waals surface area contributed by atoms with Crippen LogP contribution in [0.1, 0.15) is 26.7 Å². The molecule has 0 aliphatic carbocycles. The fourth-order valence-electron chi connectivity index (χ4n) is 2.58. The molecule has 1 heterocycles. The fourth-order valence-corrected chi connectivity index (χ4v) is 2.58. The standard InChI is InChI=1S/C15H24N2O/c1-4-15(5-2)12-17(10-11-18-15)14-8-6-13(16-3)7-9-14/h6-9,16H,4-5,10-12H2,1-3H3. The largest absolute Gasteiger partial charge is 0.388 e. The zero-order valence-electron chi connectivity index (χ0n) is 11.7. The molecule has 0 bridgehead atoms. The van der Waals surface area contributed by atoms with E-state index in [-0.39, 0.29) is 5.60 Å². The first kappa shape index (κ1) is 13.2. The van der Waals surface area contributed by atoms with Crippen LogP contribution in [0.5, 0.6) is 0 Å². The van der Waals surface area contributed by atoms with Gasteiger partial charge in [0.05, 0.1) is 12.2 Å². The van der Waals surface area contributed by atoms with E-state index >= 15 is 0 Å². The van der Waals surface area contributed by atoms with Crippen molar-refractivity contribution in [2.45, 2.75) is 32.3 Å². The Bertz CT molecular complexity index is 371. The lowest BCUT2D eigenvalue weighted by Crippen LogP contribution is -2.51. The van der Waals surface area contributed by atoms with E-state index in [1.807, 2.05) is 7.05 Å². The second-order valence-electron chi connectivity index (χ2n) is 4.96. The highest BCUT2D eigenvalue weighted by Gasteiger charge is 2.33. The lowest BCUT2D eigenvalue weighted by atomic mass is 9.94. The molecule has 1 aliphatic rings. The van der Waals surface area contributed by atoms with Gasteiger partial charge >= 0.3 is 0 Å². The van der Waals surface area contributed by atoms with Gasteiger partial charge in [0, 0.05) is 31.5 Å². The summed E-state index contributed by atoms with van der Waals surface area (Å²) in [6.45, 7) is 7.25. The van der Waals surface area contributed by atoms with Crippen LogP contribution in [-0.2, 0) is 4.74 Å². The van der Waals surface area contributed by atoms with Gasteiger partial charge in [-0.15, -0.1) is 0 Å². The van der Waals surface area contributed by atoms with Crippen LogP contribution < -0.4 is 10.2 Å². The van der Waals surface area contributed by atoms with Crippen LogP contribution in [0.15, 0.2) is 24.3 Å². The van der Waals surface area contributed by atoms with E-state index in [4.69, 9.17) is 4.74 Å². The van der Waals surface area contributed by atoms with E-state index < -0.39 is 0 Å². The third-order valence-electron chi connectivity index (χ3n) is 4.06. The Balaban J connectivity index is 2.12. The number of rotatable bonds is 4. The summed E-state index contributed by atoms with van der Waals surface area (Å²) < 4.78 is 6.01. The molecule has 3 heteroatoms. The van der Waals surface area contributed by atoms with Gasteiger partial charge in [0.2, 0.25) is 0 Å². The van der Waals surface area contributed by atoms with Crippen LogP contribution in [0.4, 0.5) is 11.4 Å². The number of ether oxygens (including phenoxy) is 1. The molecular weight excluding hydrogens is 224 g/mol. The summed E-state index contributed by atoms with van der Waals surface area (Å²) in [7, 11) is 1.95. The number of hydrogen-bond acceptors (Lipinski definition) is 3. The number of hydrogen-bond donors (Lipinski definition) is 1. The van der Waals surface area contributed by atoms with Gasteiger partial charge in [-0.2, -0.15) is 0 Å². The molecule has 100 valence electrons. The first-order valence-corrected chi connectivity index (χ1v) is 6.90. The van der Waals surface area contributed by atoms with Crippen molar-refractivity contribution in [2.75, 3.05) is 37.0 Å². The Hall–Kier alpha value is -1.22. The molecule has 0 unspecified atom stereocenters. The van der Waals surface area contributed by atoms with Gasteiger partial charge in [0.1, 0.15) is 0 Å². The molecule has 1 aromatic carbocycles. The van der Waals surface area contributed by atoms with E-state index in [9.17, 15) is 0 Å². The molecule has 1 fully saturated rings. The van der Waals surface area contributed by atoms with Crippen LogP contribution in [-0.4, -0.2) is 32.3 Å². The highest BCUT2D eigenvalue weighted by molar-refractivity contribution is 5.55. The van der Waals surface area contributed by atoms with Gasteiger partial charge in [-0.05, 0) is 37.1 Å². The van der Waals surface area contributed by atoms with E-state index in [0.717, 1.165) is 38.2 Å². The second-order valence-corrected chi connectivity index (χ2v) is 4.96. The molecule has 3 nitrogen and oxygen atoms in total. The maximum atomic E-state index is 6.01. The minimum Gasteiger partial charge on any atom is -0.388 e. The van der Waals surface area contributed by atoms with Crippen molar-refractivity contribution < 1.29 is 4.74 Å². The second kappa shape index (κ2) is 5.61. The summed E-state index contributed by atoms with van der Waals surface area (Å²) >= 11 is 0. The predicted molar refractivity (Wildman–Crippen MR) is 77.5 cm³/mol. The topological polar surface area (TPSA) is 24.5 Å². The van der Waals surface area contributed by atoms with Crippen molar-refractivity contribution in [3.8, 4) is 0 Å². The third-order valence-corrected chi connectivity index (χ3v) is 4.06. The smallest absolute Gasteiger partial charge is 0.0852 e. The molecule has 0 aromatic heterocycles. The number of nitrogens with one attached hydrogen (secondary N) is 1. The van der Waals surface area contributed by atoms with Crippen LogP contribution in [0.3, 0.4) is 0 Å². The third kappa shape index (κ3) is 2.61. The molecule has 1 aliphatic heterocycles. The van der Waals surface area contributed by atoms with Gasteiger partial charge in [0.15, 0.2) is 0 Å². The fraction of sp³-hybridized carbons (Fsp3) is 0.600. The van der Waals surface area contributed by atoms with Gasteiger partial charge in [-0.1, -0.05) is 13.8 Å². The molecular formula is C15H24N2O. The van der Waals surface area contributed by atoms with E-state index in [2.05, 4.69) is 48.3 Å². The van der Waals surface area contributed by atoms with Crippen molar-refractivity contribution in [1.82, 2.24) is 0 Å². The molecule has 1 saturated heterocycles. The lowest BCUT2D eigenvalue weighted by Gasteiger charge is -2.43. The summed E-state index contributed by atoms with van der Waals surface area (Å²) in [6.07, 6.45) is 2.16. The first-order chi connectivity index (χ1) is 8.73. The molecule has 0 atom stereocenters. The van der Waals surface area contributed by atoms with Gasteiger partial charge in [0.25, 0.3) is 0 Å². The zero-order chi connectivity index (χ0) is 13.0.